The van der Waals surface area contributed by atoms with Gasteiger partial charge in [-0.3, -0.25) is 4.79 Å². The van der Waals surface area contributed by atoms with Crippen LogP contribution in [0.2, 0.25) is 0 Å². The molecule has 5 N–H and O–H groups in total. The van der Waals surface area contributed by atoms with Crippen LogP contribution in [-0.4, -0.2) is 45.9 Å². The summed E-state index contributed by atoms with van der Waals surface area (Å²) < 4.78 is 15.3. The summed E-state index contributed by atoms with van der Waals surface area (Å²) in [5.41, 5.74) is 7.04. The maximum Gasteiger partial charge on any atom is 0.323 e. The van der Waals surface area contributed by atoms with Crippen LogP contribution < -0.4 is 31.2 Å². The minimum atomic E-state index is -0.808. The number of methoxy groups -OCH3 is 3. The first kappa shape index (κ1) is 21.0. The highest BCUT2D eigenvalue weighted by molar-refractivity contribution is 6.02. The van der Waals surface area contributed by atoms with Crippen molar-refractivity contribution in [3.8, 4) is 11.5 Å². The first-order valence-electron chi connectivity index (χ1n) is 8.43. The molecule has 0 bridgehead atoms. The van der Waals surface area contributed by atoms with Gasteiger partial charge in [-0.1, -0.05) is 12.1 Å². The summed E-state index contributed by atoms with van der Waals surface area (Å²) in [7, 11) is 4.45. The molecule has 0 radical (unpaired) electrons. The standard InChI is InChI=1S/C19H24N4O5/c1-26-11-13(20)18(24)21-12-8-9-17(28-3)15(10-12)23-19(25)22-14-6-4-5-7-16(14)27-2/h4-10,13H,11,20H2,1-3H3,(H,21,24)(H2,22,23,25). The van der Waals surface area contributed by atoms with Crippen LogP contribution in [0.3, 0.4) is 0 Å². The molecule has 0 fully saturated rings. The average Bonchev–Trinajstić information content (AvgIpc) is 2.68. The van der Waals surface area contributed by atoms with Gasteiger partial charge in [0.05, 0.1) is 32.2 Å². The normalized spacial score (nSPS) is 11.3. The average molecular weight is 388 g/mol. The molecule has 2 aromatic rings. The number of nitrogens with one attached hydrogen (secondary N) is 3. The molecule has 2 aromatic carbocycles. The molecular weight excluding hydrogens is 364 g/mol. The number of para-hydroxylation sites is 2. The molecule has 0 saturated carbocycles. The van der Waals surface area contributed by atoms with Crippen molar-refractivity contribution in [2.24, 2.45) is 5.73 Å². The van der Waals surface area contributed by atoms with Crippen LogP contribution in [-0.2, 0) is 9.53 Å². The minimum absolute atomic E-state index is 0.0917. The second-order valence-corrected chi connectivity index (χ2v) is 5.75. The Balaban J connectivity index is 2.12. The second-order valence-electron chi connectivity index (χ2n) is 5.75. The molecule has 0 aromatic heterocycles. The van der Waals surface area contributed by atoms with E-state index in [9.17, 15) is 9.59 Å². The van der Waals surface area contributed by atoms with Crippen molar-refractivity contribution in [1.82, 2.24) is 0 Å². The molecule has 9 nitrogen and oxygen atoms in total. The molecular formula is C19H24N4O5. The number of rotatable bonds is 8. The van der Waals surface area contributed by atoms with Gasteiger partial charge in [0, 0.05) is 12.8 Å². The SMILES string of the molecule is COCC(N)C(=O)Nc1ccc(OC)c(NC(=O)Nc2ccccc2OC)c1. The number of benzene rings is 2. The fourth-order valence-corrected chi connectivity index (χ4v) is 2.40. The van der Waals surface area contributed by atoms with Crippen LogP contribution in [0.1, 0.15) is 0 Å². The van der Waals surface area contributed by atoms with Crippen molar-refractivity contribution in [1.29, 1.82) is 0 Å². The van der Waals surface area contributed by atoms with E-state index in [1.54, 1.807) is 42.5 Å². The number of amides is 3. The van der Waals surface area contributed by atoms with Gasteiger partial charge in [-0.2, -0.15) is 0 Å². The lowest BCUT2D eigenvalue weighted by molar-refractivity contribution is -0.118. The maximum absolute atomic E-state index is 12.4. The minimum Gasteiger partial charge on any atom is -0.495 e. The van der Waals surface area contributed by atoms with Crippen molar-refractivity contribution in [2.75, 3.05) is 43.9 Å². The Labute approximate surface area is 163 Å². The van der Waals surface area contributed by atoms with Crippen LogP contribution in [0, 0.1) is 0 Å². The lowest BCUT2D eigenvalue weighted by Crippen LogP contribution is -2.39. The van der Waals surface area contributed by atoms with E-state index < -0.39 is 18.0 Å². The van der Waals surface area contributed by atoms with Crippen LogP contribution in [0.5, 0.6) is 11.5 Å². The molecule has 3 amide bonds. The van der Waals surface area contributed by atoms with Crippen molar-refractivity contribution in [3.63, 3.8) is 0 Å². The molecule has 0 aliphatic carbocycles. The summed E-state index contributed by atoms with van der Waals surface area (Å²) in [5.74, 6) is 0.545. The van der Waals surface area contributed by atoms with E-state index in [1.165, 1.54) is 21.3 Å². The Kier molecular flexibility index (Phi) is 7.61. The van der Waals surface area contributed by atoms with Gasteiger partial charge in [-0.25, -0.2) is 4.79 Å². The molecule has 0 aliphatic heterocycles. The molecule has 150 valence electrons. The number of hydrogen-bond acceptors (Lipinski definition) is 6. The van der Waals surface area contributed by atoms with Crippen LogP contribution in [0.4, 0.5) is 21.9 Å². The molecule has 2 rings (SSSR count). The van der Waals surface area contributed by atoms with E-state index in [-0.39, 0.29) is 6.61 Å². The van der Waals surface area contributed by atoms with Crippen molar-refractivity contribution in [2.45, 2.75) is 6.04 Å². The summed E-state index contributed by atoms with van der Waals surface area (Å²) >= 11 is 0. The molecule has 1 unspecified atom stereocenters. The summed E-state index contributed by atoms with van der Waals surface area (Å²) in [6.07, 6.45) is 0. The van der Waals surface area contributed by atoms with E-state index >= 15 is 0 Å². The molecule has 0 spiro atoms. The highest BCUT2D eigenvalue weighted by Crippen LogP contribution is 2.29. The van der Waals surface area contributed by atoms with E-state index in [0.29, 0.717) is 28.6 Å². The first-order chi connectivity index (χ1) is 13.5. The van der Waals surface area contributed by atoms with Gasteiger partial charge in [-0.15, -0.1) is 0 Å². The number of urea groups is 1. The van der Waals surface area contributed by atoms with Gasteiger partial charge in [-0.05, 0) is 30.3 Å². The number of anilines is 3. The highest BCUT2D eigenvalue weighted by Gasteiger charge is 2.15. The molecule has 0 saturated heterocycles. The third-order valence-electron chi connectivity index (χ3n) is 3.75. The molecule has 1 atom stereocenters. The Hall–Kier alpha value is -3.30. The third kappa shape index (κ3) is 5.60. The molecule has 0 aliphatic rings. The number of hydrogen-bond donors (Lipinski definition) is 4. The van der Waals surface area contributed by atoms with Gasteiger partial charge >= 0.3 is 6.03 Å². The van der Waals surface area contributed by atoms with Gasteiger partial charge in [0.25, 0.3) is 0 Å². The lowest BCUT2D eigenvalue weighted by atomic mass is 10.2. The zero-order valence-corrected chi connectivity index (χ0v) is 15.9. The van der Waals surface area contributed by atoms with Crippen molar-refractivity contribution in [3.05, 3.63) is 42.5 Å². The zero-order valence-electron chi connectivity index (χ0n) is 15.9. The fraction of sp³-hybridized carbons (Fsp3) is 0.263. The summed E-state index contributed by atoms with van der Waals surface area (Å²) in [4.78, 5) is 24.4. The van der Waals surface area contributed by atoms with E-state index in [4.69, 9.17) is 19.9 Å². The van der Waals surface area contributed by atoms with Gasteiger partial charge in [0.15, 0.2) is 0 Å². The smallest absolute Gasteiger partial charge is 0.323 e. The van der Waals surface area contributed by atoms with E-state index in [0.717, 1.165) is 0 Å². The zero-order chi connectivity index (χ0) is 20.5. The van der Waals surface area contributed by atoms with E-state index in [1.807, 2.05) is 0 Å². The van der Waals surface area contributed by atoms with Crippen molar-refractivity contribution < 1.29 is 23.8 Å². The van der Waals surface area contributed by atoms with Gasteiger partial charge in [0.2, 0.25) is 5.91 Å². The topological polar surface area (TPSA) is 124 Å². The number of nitrogens with two attached hydrogens (primary N) is 1. The second kappa shape index (κ2) is 10.1. The third-order valence-corrected chi connectivity index (χ3v) is 3.75. The van der Waals surface area contributed by atoms with E-state index in [2.05, 4.69) is 16.0 Å². The maximum atomic E-state index is 12.4. The van der Waals surface area contributed by atoms with Gasteiger partial charge < -0.3 is 35.9 Å². The lowest BCUT2D eigenvalue weighted by Gasteiger charge is -2.15. The molecule has 9 heteroatoms. The number of carbonyl (C=O) groups excluding carboxylic acids is 2. The predicted molar refractivity (Wildman–Crippen MR) is 107 cm³/mol. The Morgan fingerprint density at radius 3 is 2.25 bits per heavy atom. The van der Waals surface area contributed by atoms with Crippen LogP contribution >= 0.6 is 0 Å². The quantitative estimate of drug-likeness (QED) is 0.550. The predicted octanol–water partition coefficient (Wildman–Crippen LogP) is 2.26. The first-order valence-corrected chi connectivity index (χ1v) is 8.43. The van der Waals surface area contributed by atoms with Crippen molar-refractivity contribution >= 4 is 29.0 Å². The molecule has 28 heavy (non-hydrogen) atoms. The summed E-state index contributed by atoms with van der Waals surface area (Å²) in [6.45, 7) is 0.0917. The largest absolute Gasteiger partial charge is 0.495 e. The van der Waals surface area contributed by atoms with Crippen LogP contribution in [0.25, 0.3) is 0 Å². The Bertz CT molecular complexity index is 828. The Morgan fingerprint density at radius 2 is 1.57 bits per heavy atom. The number of ether oxygens (including phenoxy) is 3. The number of carbonyl (C=O) groups is 2. The Morgan fingerprint density at radius 1 is 0.929 bits per heavy atom. The molecule has 0 heterocycles. The monoisotopic (exact) mass is 388 g/mol. The fourth-order valence-electron chi connectivity index (χ4n) is 2.40. The summed E-state index contributed by atoms with van der Waals surface area (Å²) in [6, 6.07) is 10.5. The summed E-state index contributed by atoms with van der Waals surface area (Å²) in [5, 5.41) is 8.06. The van der Waals surface area contributed by atoms with Crippen LogP contribution in [0.15, 0.2) is 42.5 Å². The van der Waals surface area contributed by atoms with Gasteiger partial charge in [0.1, 0.15) is 17.5 Å². The highest BCUT2D eigenvalue weighted by atomic mass is 16.5.